The zero-order valence-corrected chi connectivity index (χ0v) is 13.5. The van der Waals surface area contributed by atoms with Crippen molar-refractivity contribution in [2.75, 3.05) is 5.32 Å². The molecule has 0 aliphatic rings. The van der Waals surface area contributed by atoms with Gasteiger partial charge in [0.15, 0.2) is 0 Å². The molecule has 2 aromatic rings. The first-order valence-corrected chi connectivity index (χ1v) is 7.47. The average molecular weight is 396 g/mol. The van der Waals surface area contributed by atoms with E-state index in [1.807, 2.05) is 54.6 Å². The van der Waals surface area contributed by atoms with Crippen LogP contribution in [-0.4, -0.2) is 10.9 Å². The summed E-state index contributed by atoms with van der Waals surface area (Å²) < 4.78 is 1.11. The Morgan fingerprint density at radius 2 is 1.70 bits per heavy atom. The van der Waals surface area contributed by atoms with Crippen LogP contribution in [0, 0.1) is 3.57 Å². The number of rotatable bonds is 4. The summed E-state index contributed by atoms with van der Waals surface area (Å²) in [5.41, 5.74) is 7.24. The summed E-state index contributed by atoms with van der Waals surface area (Å²) >= 11 is 7.24. The van der Waals surface area contributed by atoms with E-state index in [1.165, 1.54) is 0 Å². The Balaban J connectivity index is 2.20. The van der Waals surface area contributed by atoms with Gasteiger partial charge in [0.1, 0.15) is 5.92 Å². The molecular weight excluding hydrogens is 383 g/mol. The zero-order valence-electron chi connectivity index (χ0n) is 10.5. The molecule has 0 aliphatic carbocycles. The SMILES string of the molecule is NC(=S)C(C(=O)Nc1ccc(I)cc1)c1ccccc1. The highest BCUT2D eigenvalue weighted by atomic mass is 127. The Morgan fingerprint density at radius 3 is 2.25 bits per heavy atom. The minimum Gasteiger partial charge on any atom is -0.392 e. The number of hydrogen-bond acceptors (Lipinski definition) is 2. The van der Waals surface area contributed by atoms with E-state index in [0.29, 0.717) is 0 Å². The Bertz CT molecular complexity index is 614. The molecule has 0 radical (unpaired) electrons. The predicted octanol–water partition coefficient (Wildman–Crippen LogP) is 3.30. The van der Waals surface area contributed by atoms with Crippen molar-refractivity contribution >= 4 is 51.4 Å². The van der Waals surface area contributed by atoms with E-state index in [1.54, 1.807) is 0 Å². The number of anilines is 1. The van der Waals surface area contributed by atoms with Crippen LogP contribution in [0.5, 0.6) is 0 Å². The molecular formula is C15H13IN2OS. The summed E-state index contributed by atoms with van der Waals surface area (Å²) in [6.07, 6.45) is 0. The standard InChI is InChI=1S/C15H13IN2OS/c16-11-6-8-12(9-7-11)18-15(19)13(14(17)20)10-4-2-1-3-5-10/h1-9,13H,(H2,17,20)(H,18,19). The van der Waals surface area contributed by atoms with Gasteiger partial charge in [-0.05, 0) is 52.4 Å². The second-order valence-corrected chi connectivity index (χ2v) is 5.96. The smallest absolute Gasteiger partial charge is 0.238 e. The van der Waals surface area contributed by atoms with E-state index in [9.17, 15) is 4.79 Å². The van der Waals surface area contributed by atoms with Crippen LogP contribution in [0.3, 0.4) is 0 Å². The molecule has 2 aromatic carbocycles. The second-order valence-electron chi connectivity index (χ2n) is 4.24. The van der Waals surface area contributed by atoms with Crippen molar-refractivity contribution in [2.24, 2.45) is 5.73 Å². The first-order valence-electron chi connectivity index (χ1n) is 5.98. The minimum atomic E-state index is -0.620. The molecule has 20 heavy (non-hydrogen) atoms. The monoisotopic (exact) mass is 396 g/mol. The van der Waals surface area contributed by atoms with E-state index in [0.717, 1.165) is 14.8 Å². The van der Waals surface area contributed by atoms with Crippen LogP contribution in [-0.2, 0) is 4.79 Å². The van der Waals surface area contributed by atoms with Crippen LogP contribution >= 0.6 is 34.8 Å². The Hall–Kier alpha value is -1.47. The van der Waals surface area contributed by atoms with Crippen LogP contribution in [0.1, 0.15) is 11.5 Å². The number of hydrogen-bond donors (Lipinski definition) is 2. The average Bonchev–Trinajstić information content (AvgIpc) is 2.42. The van der Waals surface area contributed by atoms with Crippen molar-refractivity contribution in [3.05, 3.63) is 63.7 Å². The third kappa shape index (κ3) is 3.77. The van der Waals surface area contributed by atoms with Crippen molar-refractivity contribution in [1.29, 1.82) is 0 Å². The highest BCUT2D eigenvalue weighted by Gasteiger charge is 2.23. The Labute approximate surface area is 136 Å². The van der Waals surface area contributed by atoms with Gasteiger partial charge in [0, 0.05) is 9.26 Å². The molecule has 1 atom stereocenters. The maximum Gasteiger partial charge on any atom is 0.238 e. The Morgan fingerprint density at radius 1 is 1.10 bits per heavy atom. The van der Waals surface area contributed by atoms with Crippen molar-refractivity contribution in [3.8, 4) is 0 Å². The van der Waals surface area contributed by atoms with Crippen molar-refractivity contribution in [3.63, 3.8) is 0 Å². The van der Waals surface area contributed by atoms with E-state index in [2.05, 4.69) is 27.9 Å². The predicted molar refractivity (Wildman–Crippen MR) is 93.8 cm³/mol. The highest BCUT2D eigenvalue weighted by Crippen LogP contribution is 2.19. The minimum absolute atomic E-state index is 0.166. The third-order valence-electron chi connectivity index (χ3n) is 2.79. The fraction of sp³-hybridized carbons (Fsp3) is 0.0667. The van der Waals surface area contributed by atoms with Crippen LogP contribution in [0.4, 0.5) is 5.69 Å². The van der Waals surface area contributed by atoms with Gasteiger partial charge < -0.3 is 11.1 Å². The van der Waals surface area contributed by atoms with Crippen molar-refractivity contribution < 1.29 is 4.79 Å². The van der Waals surface area contributed by atoms with E-state index in [-0.39, 0.29) is 10.9 Å². The third-order valence-corrected chi connectivity index (χ3v) is 3.75. The molecule has 0 saturated carbocycles. The molecule has 0 aliphatic heterocycles. The van der Waals surface area contributed by atoms with Crippen LogP contribution in [0.25, 0.3) is 0 Å². The molecule has 102 valence electrons. The van der Waals surface area contributed by atoms with Crippen molar-refractivity contribution in [1.82, 2.24) is 0 Å². The Kier molecular flexibility index (Phi) is 5.08. The molecule has 3 N–H and O–H groups in total. The molecule has 0 fully saturated rings. The lowest BCUT2D eigenvalue weighted by Crippen LogP contribution is -2.31. The number of nitrogens with two attached hydrogens (primary N) is 1. The molecule has 0 saturated heterocycles. The number of thiocarbonyl (C=S) groups is 1. The first kappa shape index (κ1) is 14.9. The number of amides is 1. The fourth-order valence-electron chi connectivity index (χ4n) is 1.84. The lowest BCUT2D eigenvalue weighted by Gasteiger charge is -2.16. The lowest BCUT2D eigenvalue weighted by molar-refractivity contribution is -0.116. The van der Waals surface area contributed by atoms with Crippen molar-refractivity contribution in [2.45, 2.75) is 5.92 Å². The quantitative estimate of drug-likeness (QED) is 0.616. The van der Waals surface area contributed by atoms with Gasteiger partial charge in [-0.25, -0.2) is 0 Å². The van der Waals surface area contributed by atoms with Gasteiger partial charge in [-0.1, -0.05) is 42.5 Å². The lowest BCUT2D eigenvalue weighted by atomic mass is 9.98. The highest BCUT2D eigenvalue weighted by molar-refractivity contribution is 14.1. The van der Waals surface area contributed by atoms with E-state index in [4.69, 9.17) is 18.0 Å². The molecule has 0 heterocycles. The summed E-state index contributed by atoms with van der Waals surface area (Å²) in [6, 6.07) is 16.8. The number of carbonyl (C=O) groups excluding carboxylic acids is 1. The molecule has 1 unspecified atom stereocenters. The molecule has 5 heteroatoms. The number of benzene rings is 2. The van der Waals surface area contributed by atoms with Gasteiger partial charge in [-0.3, -0.25) is 4.79 Å². The van der Waals surface area contributed by atoms with E-state index < -0.39 is 5.92 Å². The van der Waals surface area contributed by atoms with Gasteiger partial charge in [0.25, 0.3) is 0 Å². The molecule has 3 nitrogen and oxygen atoms in total. The summed E-state index contributed by atoms with van der Waals surface area (Å²) in [7, 11) is 0. The van der Waals surface area contributed by atoms with Gasteiger partial charge in [0.2, 0.25) is 5.91 Å². The summed E-state index contributed by atoms with van der Waals surface area (Å²) in [4.78, 5) is 12.5. The molecule has 0 bridgehead atoms. The summed E-state index contributed by atoms with van der Waals surface area (Å²) in [6.45, 7) is 0. The van der Waals surface area contributed by atoms with Crippen LogP contribution in [0.2, 0.25) is 0 Å². The van der Waals surface area contributed by atoms with Gasteiger partial charge in [0.05, 0.1) is 4.99 Å². The second kappa shape index (κ2) is 6.81. The number of nitrogens with one attached hydrogen (secondary N) is 1. The summed E-state index contributed by atoms with van der Waals surface area (Å²) in [5.74, 6) is -0.838. The largest absolute Gasteiger partial charge is 0.392 e. The van der Waals surface area contributed by atoms with Gasteiger partial charge >= 0.3 is 0 Å². The normalized spacial score (nSPS) is 11.7. The van der Waals surface area contributed by atoms with Crippen LogP contribution in [0.15, 0.2) is 54.6 Å². The van der Waals surface area contributed by atoms with E-state index >= 15 is 0 Å². The molecule has 2 rings (SSSR count). The zero-order chi connectivity index (χ0) is 14.5. The maximum absolute atomic E-state index is 12.4. The molecule has 0 spiro atoms. The first-order chi connectivity index (χ1) is 9.58. The fourth-order valence-corrected chi connectivity index (χ4v) is 2.44. The van der Waals surface area contributed by atoms with Crippen LogP contribution < -0.4 is 11.1 Å². The summed E-state index contributed by atoms with van der Waals surface area (Å²) in [5, 5.41) is 2.84. The number of halogens is 1. The topological polar surface area (TPSA) is 55.1 Å². The molecule has 1 amide bonds. The number of carbonyl (C=O) groups is 1. The van der Waals surface area contributed by atoms with Gasteiger partial charge in [-0.2, -0.15) is 0 Å². The maximum atomic E-state index is 12.4. The molecule has 0 aromatic heterocycles. The van der Waals surface area contributed by atoms with Gasteiger partial charge in [-0.15, -0.1) is 0 Å².